The molecule has 1 aromatic rings. The topological polar surface area (TPSA) is 52.3 Å². The molecule has 2 N–H and O–H groups in total. The van der Waals surface area contributed by atoms with Crippen molar-refractivity contribution in [1.82, 2.24) is 0 Å². The SMILES string of the molecule is Nc1cc(Br)c2c(c1)OCCC2=O. The molecule has 0 saturated heterocycles. The van der Waals surface area contributed by atoms with Crippen LogP contribution in [0.3, 0.4) is 0 Å². The molecule has 1 aliphatic rings. The van der Waals surface area contributed by atoms with Crippen LogP contribution in [-0.4, -0.2) is 12.4 Å². The molecule has 0 fully saturated rings. The molecule has 0 saturated carbocycles. The number of hydrogen-bond donors (Lipinski definition) is 1. The highest BCUT2D eigenvalue weighted by atomic mass is 79.9. The second-order valence-corrected chi connectivity index (χ2v) is 3.75. The van der Waals surface area contributed by atoms with E-state index in [0.717, 1.165) is 0 Å². The number of Topliss-reactive ketones (excluding diaryl/α,β-unsaturated/α-hetero) is 1. The molecule has 3 nitrogen and oxygen atoms in total. The lowest BCUT2D eigenvalue weighted by Gasteiger charge is -2.17. The van der Waals surface area contributed by atoms with Gasteiger partial charge in [0.2, 0.25) is 0 Å². The molecule has 4 heteroatoms. The molecule has 0 atom stereocenters. The van der Waals surface area contributed by atoms with Crippen molar-refractivity contribution in [3.05, 3.63) is 22.2 Å². The van der Waals surface area contributed by atoms with Gasteiger partial charge in [-0.25, -0.2) is 0 Å². The second kappa shape index (κ2) is 3.03. The highest BCUT2D eigenvalue weighted by molar-refractivity contribution is 9.10. The molecule has 68 valence electrons. The maximum absolute atomic E-state index is 11.5. The fraction of sp³-hybridized carbons (Fsp3) is 0.222. The summed E-state index contributed by atoms with van der Waals surface area (Å²) in [4.78, 5) is 11.5. The summed E-state index contributed by atoms with van der Waals surface area (Å²) < 4.78 is 6.04. The van der Waals surface area contributed by atoms with Gasteiger partial charge in [-0.3, -0.25) is 4.79 Å². The van der Waals surface area contributed by atoms with Gasteiger partial charge in [-0.1, -0.05) is 0 Å². The van der Waals surface area contributed by atoms with Crippen LogP contribution in [0.4, 0.5) is 5.69 Å². The summed E-state index contributed by atoms with van der Waals surface area (Å²) in [6, 6.07) is 3.39. The lowest BCUT2D eigenvalue weighted by Crippen LogP contribution is -2.16. The quantitative estimate of drug-likeness (QED) is 0.708. The third-order valence-electron chi connectivity index (χ3n) is 1.94. The first-order valence-corrected chi connectivity index (χ1v) is 4.73. The van der Waals surface area contributed by atoms with Crippen molar-refractivity contribution in [2.75, 3.05) is 12.3 Å². The first-order valence-electron chi connectivity index (χ1n) is 3.93. The predicted octanol–water partition coefficient (Wildman–Crippen LogP) is 2.00. The van der Waals surface area contributed by atoms with Gasteiger partial charge in [0.15, 0.2) is 5.78 Å². The van der Waals surface area contributed by atoms with Crippen LogP contribution in [0.2, 0.25) is 0 Å². The first kappa shape index (κ1) is 8.56. The molecule has 1 heterocycles. The van der Waals surface area contributed by atoms with Crippen molar-refractivity contribution in [3.8, 4) is 5.75 Å². The number of benzene rings is 1. The lowest BCUT2D eigenvalue weighted by atomic mass is 10.0. The summed E-state index contributed by atoms with van der Waals surface area (Å²) in [5, 5.41) is 0. The summed E-state index contributed by atoms with van der Waals surface area (Å²) in [5.41, 5.74) is 6.82. The van der Waals surface area contributed by atoms with Crippen molar-refractivity contribution >= 4 is 27.4 Å². The summed E-state index contributed by atoms with van der Waals surface area (Å²) >= 11 is 3.29. The van der Waals surface area contributed by atoms with E-state index >= 15 is 0 Å². The van der Waals surface area contributed by atoms with Crippen LogP contribution in [0.5, 0.6) is 5.75 Å². The number of rotatable bonds is 0. The average Bonchev–Trinajstić information content (AvgIpc) is 2.02. The predicted molar refractivity (Wildman–Crippen MR) is 53.0 cm³/mol. The van der Waals surface area contributed by atoms with Crippen molar-refractivity contribution in [2.24, 2.45) is 0 Å². The van der Waals surface area contributed by atoms with Gasteiger partial charge < -0.3 is 10.5 Å². The van der Waals surface area contributed by atoms with Crippen LogP contribution in [0, 0.1) is 0 Å². The van der Waals surface area contributed by atoms with E-state index in [0.29, 0.717) is 34.5 Å². The third-order valence-corrected chi connectivity index (χ3v) is 2.57. The van der Waals surface area contributed by atoms with Crippen molar-refractivity contribution < 1.29 is 9.53 Å². The average molecular weight is 242 g/mol. The van der Waals surface area contributed by atoms with Crippen LogP contribution in [0.1, 0.15) is 16.8 Å². The minimum absolute atomic E-state index is 0.105. The molecule has 0 aromatic heterocycles. The monoisotopic (exact) mass is 241 g/mol. The van der Waals surface area contributed by atoms with Crippen LogP contribution >= 0.6 is 15.9 Å². The maximum Gasteiger partial charge on any atom is 0.171 e. The van der Waals surface area contributed by atoms with E-state index in [1.165, 1.54) is 0 Å². The second-order valence-electron chi connectivity index (χ2n) is 2.90. The minimum atomic E-state index is 0.105. The van der Waals surface area contributed by atoms with E-state index in [1.54, 1.807) is 12.1 Å². The van der Waals surface area contributed by atoms with Crippen molar-refractivity contribution in [1.29, 1.82) is 0 Å². The number of carbonyl (C=O) groups excluding carboxylic acids is 1. The Morgan fingerprint density at radius 2 is 2.23 bits per heavy atom. The molecule has 2 rings (SSSR count). The van der Waals surface area contributed by atoms with Gasteiger partial charge in [-0.2, -0.15) is 0 Å². The van der Waals surface area contributed by atoms with Crippen LogP contribution in [0.25, 0.3) is 0 Å². The number of halogens is 1. The molecule has 13 heavy (non-hydrogen) atoms. The fourth-order valence-electron chi connectivity index (χ4n) is 1.36. The van der Waals surface area contributed by atoms with Gasteiger partial charge in [0.05, 0.1) is 12.2 Å². The molecule has 0 radical (unpaired) electrons. The third kappa shape index (κ3) is 1.42. The Morgan fingerprint density at radius 3 is 3.00 bits per heavy atom. The summed E-state index contributed by atoms with van der Waals surface area (Å²) in [7, 11) is 0. The Kier molecular flexibility index (Phi) is 2.00. The molecule has 0 amide bonds. The highest BCUT2D eigenvalue weighted by Crippen LogP contribution is 2.33. The molecule has 0 bridgehead atoms. The largest absolute Gasteiger partial charge is 0.492 e. The zero-order chi connectivity index (χ0) is 9.42. The normalized spacial score (nSPS) is 15.0. The highest BCUT2D eigenvalue weighted by Gasteiger charge is 2.21. The fourth-order valence-corrected chi connectivity index (χ4v) is 2.05. The molecule has 0 aliphatic carbocycles. The van der Waals surface area contributed by atoms with Gasteiger partial charge in [-0.15, -0.1) is 0 Å². The Hall–Kier alpha value is -1.03. The summed E-state index contributed by atoms with van der Waals surface area (Å²) in [6.45, 7) is 0.446. The molecular weight excluding hydrogens is 234 g/mol. The molecule has 0 unspecified atom stereocenters. The molecular formula is C9H8BrNO2. The van der Waals surface area contributed by atoms with Crippen LogP contribution in [-0.2, 0) is 0 Å². The van der Waals surface area contributed by atoms with Gasteiger partial charge in [-0.05, 0) is 22.0 Å². The Bertz CT molecular complexity index is 376. The lowest BCUT2D eigenvalue weighted by molar-refractivity contribution is 0.0932. The number of nitrogen functional groups attached to an aromatic ring is 1. The molecule has 1 aliphatic heterocycles. The van der Waals surface area contributed by atoms with E-state index in [9.17, 15) is 4.79 Å². The van der Waals surface area contributed by atoms with E-state index < -0.39 is 0 Å². The molecule has 1 aromatic carbocycles. The van der Waals surface area contributed by atoms with Crippen LogP contribution in [0.15, 0.2) is 16.6 Å². The van der Waals surface area contributed by atoms with E-state index in [2.05, 4.69) is 15.9 Å². The first-order chi connectivity index (χ1) is 6.18. The van der Waals surface area contributed by atoms with Gasteiger partial charge in [0.25, 0.3) is 0 Å². The van der Waals surface area contributed by atoms with E-state index in [-0.39, 0.29) is 5.78 Å². The minimum Gasteiger partial charge on any atom is -0.492 e. The number of fused-ring (bicyclic) bond motifs is 1. The molecule has 0 spiro atoms. The van der Waals surface area contributed by atoms with E-state index in [4.69, 9.17) is 10.5 Å². The standard InChI is InChI=1S/C9H8BrNO2/c10-6-3-5(11)4-8-9(6)7(12)1-2-13-8/h3-4H,1-2,11H2. The zero-order valence-corrected chi connectivity index (χ0v) is 8.43. The van der Waals surface area contributed by atoms with Gasteiger partial charge in [0, 0.05) is 22.6 Å². The zero-order valence-electron chi connectivity index (χ0n) is 6.84. The number of ketones is 1. The number of nitrogens with two attached hydrogens (primary N) is 1. The Labute approximate surface area is 84.0 Å². The summed E-state index contributed by atoms with van der Waals surface area (Å²) in [6.07, 6.45) is 0.440. The van der Waals surface area contributed by atoms with Crippen molar-refractivity contribution in [2.45, 2.75) is 6.42 Å². The van der Waals surface area contributed by atoms with Gasteiger partial charge >= 0.3 is 0 Å². The summed E-state index contributed by atoms with van der Waals surface area (Å²) in [5.74, 6) is 0.691. The number of carbonyl (C=O) groups is 1. The van der Waals surface area contributed by atoms with E-state index in [1.807, 2.05) is 0 Å². The van der Waals surface area contributed by atoms with Gasteiger partial charge in [0.1, 0.15) is 5.75 Å². The Balaban J connectivity index is 2.63. The number of anilines is 1. The number of ether oxygens (including phenoxy) is 1. The van der Waals surface area contributed by atoms with Crippen LogP contribution < -0.4 is 10.5 Å². The smallest absolute Gasteiger partial charge is 0.171 e. The Morgan fingerprint density at radius 1 is 1.46 bits per heavy atom. The maximum atomic E-state index is 11.5. The van der Waals surface area contributed by atoms with Crippen molar-refractivity contribution in [3.63, 3.8) is 0 Å². The number of hydrogen-bond acceptors (Lipinski definition) is 3.